The van der Waals surface area contributed by atoms with Crippen molar-refractivity contribution in [3.63, 3.8) is 0 Å². The summed E-state index contributed by atoms with van der Waals surface area (Å²) in [7, 11) is 2.95. The van der Waals surface area contributed by atoms with E-state index in [0.717, 1.165) is 16.9 Å². The molecule has 0 heterocycles. The minimum absolute atomic E-state index is 0.0983. The van der Waals surface area contributed by atoms with Crippen molar-refractivity contribution in [2.45, 2.75) is 19.3 Å². The third-order valence-corrected chi connectivity index (χ3v) is 3.36. The van der Waals surface area contributed by atoms with Crippen molar-refractivity contribution in [1.82, 2.24) is 0 Å². The van der Waals surface area contributed by atoms with E-state index >= 15 is 0 Å². The van der Waals surface area contributed by atoms with Gasteiger partial charge in [-0.2, -0.15) is 0 Å². The van der Waals surface area contributed by atoms with E-state index in [0.29, 0.717) is 12.8 Å². The van der Waals surface area contributed by atoms with Crippen molar-refractivity contribution in [2.75, 3.05) is 14.2 Å². The number of ketones is 1. The van der Waals surface area contributed by atoms with Gasteiger partial charge in [-0.1, -0.05) is 12.1 Å². The van der Waals surface area contributed by atoms with Crippen LogP contribution in [0.3, 0.4) is 0 Å². The number of carbonyl (C=O) groups is 2. The number of ether oxygens (including phenoxy) is 2. The molecule has 0 aromatic heterocycles. The molecular weight excluding hydrogens is 232 g/mol. The molecule has 0 N–H and O–H groups in total. The van der Waals surface area contributed by atoms with E-state index < -0.39 is 0 Å². The predicted octanol–water partition coefficient (Wildman–Crippen LogP) is 1.54. The first-order valence-corrected chi connectivity index (χ1v) is 5.90. The summed E-state index contributed by atoms with van der Waals surface area (Å²) >= 11 is 0. The van der Waals surface area contributed by atoms with Crippen LogP contribution in [0.25, 0.3) is 0 Å². The average molecular weight is 248 g/mol. The molecule has 4 nitrogen and oxygen atoms in total. The fourth-order valence-corrected chi connectivity index (χ4v) is 2.36. The molecule has 0 fully saturated rings. The van der Waals surface area contributed by atoms with Crippen LogP contribution in [0.1, 0.15) is 17.5 Å². The Morgan fingerprint density at radius 1 is 1.39 bits per heavy atom. The smallest absolute Gasteiger partial charge is 0.306 e. The molecule has 0 bridgehead atoms. The minimum atomic E-state index is -0.341. The lowest BCUT2D eigenvalue weighted by Crippen LogP contribution is -2.28. The fraction of sp³-hybridized carbons (Fsp3) is 0.429. The minimum Gasteiger partial charge on any atom is -0.496 e. The number of hydrogen-bond donors (Lipinski definition) is 0. The zero-order chi connectivity index (χ0) is 13.1. The molecule has 0 radical (unpaired) electrons. The van der Waals surface area contributed by atoms with E-state index in [1.807, 2.05) is 18.2 Å². The summed E-state index contributed by atoms with van der Waals surface area (Å²) in [5.41, 5.74) is 2.04. The third-order valence-electron chi connectivity index (χ3n) is 3.36. The molecule has 0 unspecified atom stereocenters. The maximum atomic E-state index is 12.0. The highest BCUT2D eigenvalue weighted by molar-refractivity contribution is 5.89. The summed E-state index contributed by atoms with van der Waals surface area (Å²) < 4.78 is 9.92. The highest BCUT2D eigenvalue weighted by Gasteiger charge is 2.30. The van der Waals surface area contributed by atoms with Crippen LogP contribution in [-0.2, 0) is 27.2 Å². The van der Waals surface area contributed by atoms with Gasteiger partial charge in [-0.25, -0.2) is 0 Å². The molecular formula is C14H16O4. The van der Waals surface area contributed by atoms with Gasteiger partial charge in [0.1, 0.15) is 11.5 Å². The van der Waals surface area contributed by atoms with Crippen molar-refractivity contribution in [1.29, 1.82) is 0 Å². The Kier molecular flexibility index (Phi) is 3.65. The van der Waals surface area contributed by atoms with E-state index in [9.17, 15) is 9.59 Å². The lowest BCUT2D eigenvalue weighted by atomic mass is 9.81. The maximum Gasteiger partial charge on any atom is 0.306 e. The summed E-state index contributed by atoms with van der Waals surface area (Å²) in [5, 5.41) is 0. The van der Waals surface area contributed by atoms with Gasteiger partial charge < -0.3 is 9.47 Å². The predicted molar refractivity (Wildman–Crippen MR) is 65.5 cm³/mol. The summed E-state index contributed by atoms with van der Waals surface area (Å²) in [6.07, 6.45) is 1.06. The lowest BCUT2D eigenvalue weighted by Gasteiger charge is -2.24. The normalized spacial score (nSPS) is 18.1. The van der Waals surface area contributed by atoms with Gasteiger partial charge in [-0.3, -0.25) is 9.59 Å². The number of fused-ring (bicyclic) bond motifs is 1. The maximum absolute atomic E-state index is 12.0. The Morgan fingerprint density at radius 3 is 2.83 bits per heavy atom. The van der Waals surface area contributed by atoms with E-state index in [4.69, 9.17) is 4.74 Å². The second kappa shape index (κ2) is 5.21. The number of esters is 1. The van der Waals surface area contributed by atoms with Crippen molar-refractivity contribution < 1.29 is 19.1 Å². The molecule has 2 rings (SSSR count). The molecule has 96 valence electrons. The molecule has 4 heteroatoms. The molecule has 0 amide bonds. The van der Waals surface area contributed by atoms with Crippen LogP contribution >= 0.6 is 0 Å². The number of carbonyl (C=O) groups excluding carboxylic acids is 2. The zero-order valence-corrected chi connectivity index (χ0v) is 10.6. The molecule has 1 atom stereocenters. The standard InChI is InChI=1S/C14H16O4/c1-17-13-5-3-4-9-7-12(15)10(6-11(9)13)8-14(16)18-2/h3-5,10H,6-8H2,1-2H3/t10-/m0/s1. The lowest BCUT2D eigenvalue weighted by molar-refractivity contribution is -0.143. The SMILES string of the molecule is COC(=O)C[C@@H]1Cc2c(cccc2OC)CC1=O. The number of hydrogen-bond acceptors (Lipinski definition) is 4. The largest absolute Gasteiger partial charge is 0.496 e. The summed E-state index contributed by atoms with van der Waals surface area (Å²) in [6.45, 7) is 0. The molecule has 18 heavy (non-hydrogen) atoms. The summed E-state index contributed by atoms with van der Waals surface area (Å²) in [5.74, 6) is 0.254. The first-order chi connectivity index (χ1) is 8.65. The topological polar surface area (TPSA) is 52.6 Å². The molecule has 1 aromatic rings. The third kappa shape index (κ3) is 2.37. The van der Waals surface area contributed by atoms with Gasteiger partial charge in [0.15, 0.2) is 0 Å². The Bertz CT molecular complexity index is 479. The van der Waals surface area contributed by atoms with Gasteiger partial charge in [-0.05, 0) is 23.6 Å². The van der Waals surface area contributed by atoms with Crippen molar-refractivity contribution in [3.05, 3.63) is 29.3 Å². The summed E-state index contributed by atoms with van der Waals surface area (Å²) in [6, 6.07) is 5.69. The highest BCUT2D eigenvalue weighted by atomic mass is 16.5. The molecule has 0 spiro atoms. The average Bonchev–Trinajstić information content (AvgIpc) is 2.38. The van der Waals surface area contributed by atoms with Gasteiger partial charge in [0, 0.05) is 12.3 Å². The molecule has 0 aliphatic heterocycles. The molecule has 1 aliphatic rings. The zero-order valence-electron chi connectivity index (χ0n) is 10.6. The quantitative estimate of drug-likeness (QED) is 0.761. The number of benzene rings is 1. The Labute approximate surface area is 106 Å². The van der Waals surface area contributed by atoms with Crippen LogP contribution in [0.4, 0.5) is 0 Å². The summed E-state index contributed by atoms with van der Waals surface area (Å²) in [4.78, 5) is 23.2. The first kappa shape index (κ1) is 12.6. The molecule has 1 aromatic carbocycles. The first-order valence-electron chi connectivity index (χ1n) is 5.90. The number of methoxy groups -OCH3 is 2. The van der Waals surface area contributed by atoms with Gasteiger partial charge in [-0.15, -0.1) is 0 Å². The van der Waals surface area contributed by atoms with Crippen LogP contribution in [0.2, 0.25) is 0 Å². The van der Waals surface area contributed by atoms with Gasteiger partial charge in [0.2, 0.25) is 0 Å². The van der Waals surface area contributed by atoms with Crippen molar-refractivity contribution in [3.8, 4) is 5.75 Å². The van der Waals surface area contributed by atoms with Crippen LogP contribution in [0.5, 0.6) is 5.75 Å². The molecule has 1 aliphatic carbocycles. The van der Waals surface area contributed by atoms with E-state index in [1.165, 1.54) is 7.11 Å². The second-order valence-corrected chi connectivity index (χ2v) is 4.42. The van der Waals surface area contributed by atoms with E-state index in [2.05, 4.69) is 4.74 Å². The fourth-order valence-electron chi connectivity index (χ4n) is 2.36. The van der Waals surface area contributed by atoms with Gasteiger partial charge >= 0.3 is 5.97 Å². The van der Waals surface area contributed by atoms with Crippen molar-refractivity contribution in [2.24, 2.45) is 5.92 Å². The Morgan fingerprint density at radius 2 is 2.17 bits per heavy atom. The highest BCUT2D eigenvalue weighted by Crippen LogP contribution is 2.32. The van der Waals surface area contributed by atoms with Crippen LogP contribution < -0.4 is 4.74 Å². The number of rotatable bonds is 3. The van der Waals surface area contributed by atoms with Gasteiger partial charge in [0.25, 0.3) is 0 Å². The van der Waals surface area contributed by atoms with Crippen molar-refractivity contribution >= 4 is 11.8 Å². The molecule has 0 saturated carbocycles. The second-order valence-electron chi connectivity index (χ2n) is 4.42. The number of Topliss-reactive ketones (excluding diaryl/α,β-unsaturated/α-hetero) is 1. The van der Waals surface area contributed by atoms with Gasteiger partial charge in [0.05, 0.1) is 20.6 Å². The monoisotopic (exact) mass is 248 g/mol. The Hall–Kier alpha value is -1.84. The van der Waals surface area contributed by atoms with E-state index in [1.54, 1.807) is 7.11 Å². The molecule has 0 saturated heterocycles. The Balaban J connectivity index is 2.25. The van der Waals surface area contributed by atoms with E-state index in [-0.39, 0.29) is 24.1 Å². The van der Waals surface area contributed by atoms with Crippen LogP contribution in [0.15, 0.2) is 18.2 Å². The van der Waals surface area contributed by atoms with Crippen LogP contribution in [0, 0.1) is 5.92 Å². The van der Waals surface area contributed by atoms with Crippen LogP contribution in [-0.4, -0.2) is 26.0 Å².